The lowest BCUT2D eigenvalue weighted by Gasteiger charge is -2.57. The van der Waals surface area contributed by atoms with Crippen LogP contribution in [-0.4, -0.2) is 16.9 Å². The smallest absolute Gasteiger partial charge is 0.321 e. The minimum Gasteiger partial charge on any atom is -0.426 e. The van der Waals surface area contributed by atoms with Crippen LogP contribution in [0.5, 0.6) is 5.75 Å². The van der Waals surface area contributed by atoms with Crippen molar-refractivity contribution < 1.29 is 14.5 Å². The zero-order chi connectivity index (χ0) is 17.2. The van der Waals surface area contributed by atoms with Gasteiger partial charge in [-0.3, -0.25) is 14.9 Å². The van der Waals surface area contributed by atoms with Gasteiger partial charge in [-0.15, -0.1) is 0 Å². The predicted octanol–water partition coefficient (Wildman–Crippen LogP) is 3.73. The van der Waals surface area contributed by atoms with Gasteiger partial charge < -0.3 is 4.74 Å². The Morgan fingerprint density at radius 2 is 1.56 bits per heavy atom. The molecule has 0 spiro atoms. The van der Waals surface area contributed by atoms with Crippen molar-refractivity contribution in [3.05, 3.63) is 39.9 Å². The number of ether oxygens (including phenoxy) is 1. The molecule has 5 aliphatic rings. The second kappa shape index (κ2) is 5.29. The summed E-state index contributed by atoms with van der Waals surface area (Å²) in [6.45, 7) is 0. The van der Waals surface area contributed by atoms with Crippen molar-refractivity contribution in [1.29, 1.82) is 0 Å². The zero-order valence-corrected chi connectivity index (χ0v) is 14.2. The summed E-state index contributed by atoms with van der Waals surface area (Å²) in [5.41, 5.74) is 1.73. The number of nitrogens with zero attached hydrogens (tertiary/aromatic N) is 1. The summed E-state index contributed by atoms with van der Waals surface area (Å²) in [7, 11) is 0. The highest BCUT2D eigenvalue weighted by Gasteiger charge is 2.55. The molecule has 0 aromatic heterocycles. The molecule has 0 N–H and O–H groups in total. The maximum atomic E-state index is 12.0. The molecule has 0 aliphatic heterocycles. The molecule has 0 saturated heterocycles. The normalized spacial score (nSPS) is 40.7. The van der Waals surface area contributed by atoms with Gasteiger partial charge in [0.2, 0.25) is 6.04 Å². The number of hydrogen-bond donors (Lipinski definition) is 0. The van der Waals surface area contributed by atoms with E-state index in [9.17, 15) is 14.9 Å². The van der Waals surface area contributed by atoms with Crippen molar-refractivity contribution in [3.8, 4) is 5.75 Å². The van der Waals surface area contributed by atoms with Crippen LogP contribution in [-0.2, 0) is 10.2 Å². The van der Waals surface area contributed by atoms with Crippen LogP contribution in [0.2, 0.25) is 0 Å². The van der Waals surface area contributed by atoms with E-state index in [-0.39, 0.29) is 4.92 Å². The number of carbonyl (C=O) groups is 1. The fourth-order valence-corrected chi connectivity index (χ4v) is 6.20. The number of nitro groups is 1. The van der Waals surface area contributed by atoms with Crippen molar-refractivity contribution in [2.75, 3.05) is 0 Å². The third-order valence-electron chi connectivity index (χ3n) is 7.05. The number of carbonyl (C=O) groups excluding carboxylic acids is 1. The monoisotopic (exact) mass is 341 g/mol. The third kappa shape index (κ3) is 2.55. The van der Waals surface area contributed by atoms with E-state index in [0.717, 1.165) is 17.8 Å². The van der Waals surface area contributed by atoms with Gasteiger partial charge in [0, 0.05) is 11.3 Å². The van der Waals surface area contributed by atoms with Gasteiger partial charge >= 0.3 is 5.97 Å². The van der Waals surface area contributed by atoms with Crippen LogP contribution < -0.4 is 4.74 Å². The van der Waals surface area contributed by atoms with Crippen LogP contribution in [0.3, 0.4) is 0 Å². The highest BCUT2D eigenvalue weighted by Crippen LogP contribution is 2.60. The van der Waals surface area contributed by atoms with Crippen molar-refractivity contribution in [1.82, 2.24) is 0 Å². The maximum Gasteiger partial charge on any atom is 0.321 e. The third-order valence-corrected chi connectivity index (χ3v) is 7.05. The lowest BCUT2D eigenvalue weighted by molar-refractivity contribution is -0.497. The maximum absolute atomic E-state index is 12.0. The molecule has 6 rings (SSSR count). The van der Waals surface area contributed by atoms with Crippen molar-refractivity contribution in [3.63, 3.8) is 0 Å². The SMILES string of the molecule is O=C(Oc1ccc(C23CC4CC(CC(C4)C2)C3)cc1)C1CC1[N+](=O)[O-]. The molecule has 4 bridgehead atoms. The standard InChI is InChI=1S/C20H23NO4/c22-19(17-8-18(17)21(23)24)25-16-3-1-15(2-4-16)20-9-12-5-13(10-20)7-14(6-12)11-20/h1-4,12-14,17-18H,5-11H2. The van der Waals surface area contributed by atoms with Crippen molar-refractivity contribution >= 4 is 5.97 Å². The second-order valence-corrected chi connectivity index (χ2v) is 8.84. The fraction of sp³-hybridized carbons (Fsp3) is 0.650. The first kappa shape index (κ1) is 15.4. The highest BCUT2D eigenvalue weighted by molar-refractivity contribution is 5.78. The van der Waals surface area contributed by atoms with Gasteiger partial charge in [-0.1, -0.05) is 12.1 Å². The Labute approximate surface area is 146 Å². The molecule has 0 amide bonds. The summed E-state index contributed by atoms with van der Waals surface area (Å²) >= 11 is 0. The minimum atomic E-state index is -0.751. The first-order valence-electron chi connectivity index (χ1n) is 9.48. The van der Waals surface area contributed by atoms with Crippen LogP contribution in [0.4, 0.5) is 0 Å². The fourth-order valence-electron chi connectivity index (χ4n) is 6.20. The molecule has 5 aliphatic carbocycles. The van der Waals surface area contributed by atoms with E-state index in [2.05, 4.69) is 12.1 Å². The molecule has 0 heterocycles. The number of rotatable bonds is 4. The van der Waals surface area contributed by atoms with Gasteiger partial charge in [-0.2, -0.15) is 0 Å². The molecule has 0 radical (unpaired) electrons. The average Bonchev–Trinajstić information content (AvgIpc) is 3.35. The number of esters is 1. The van der Waals surface area contributed by atoms with Gasteiger partial charge in [0.1, 0.15) is 11.7 Å². The average molecular weight is 341 g/mol. The summed E-state index contributed by atoms with van der Waals surface area (Å²) in [5, 5.41) is 10.7. The topological polar surface area (TPSA) is 69.4 Å². The Bertz CT molecular complexity index is 690. The molecular formula is C20H23NO4. The molecule has 2 atom stereocenters. The molecule has 1 aromatic rings. The number of hydrogen-bond acceptors (Lipinski definition) is 4. The number of benzene rings is 1. The van der Waals surface area contributed by atoms with Crippen LogP contribution in [0.25, 0.3) is 0 Å². The van der Waals surface area contributed by atoms with Crippen LogP contribution in [0.1, 0.15) is 50.5 Å². The van der Waals surface area contributed by atoms with Crippen molar-refractivity contribution in [2.24, 2.45) is 23.7 Å². The highest BCUT2D eigenvalue weighted by atomic mass is 16.6. The lowest BCUT2D eigenvalue weighted by Crippen LogP contribution is -2.48. The van der Waals surface area contributed by atoms with Gasteiger partial charge in [-0.05, 0) is 79.4 Å². The van der Waals surface area contributed by atoms with Gasteiger partial charge in [0.05, 0.1) is 0 Å². The second-order valence-electron chi connectivity index (χ2n) is 8.84. The molecular weight excluding hydrogens is 318 g/mol. The summed E-state index contributed by atoms with van der Waals surface area (Å²) < 4.78 is 5.35. The van der Waals surface area contributed by atoms with Crippen molar-refractivity contribution in [2.45, 2.75) is 56.4 Å². The van der Waals surface area contributed by atoms with Crippen LogP contribution in [0, 0.1) is 33.8 Å². The molecule has 1 aromatic carbocycles. The summed E-state index contributed by atoms with van der Waals surface area (Å²) in [6, 6.07) is 7.23. The van der Waals surface area contributed by atoms with E-state index in [1.165, 1.54) is 44.1 Å². The molecule has 2 unspecified atom stereocenters. The Balaban J connectivity index is 1.29. The Morgan fingerprint density at radius 3 is 2.04 bits per heavy atom. The molecule has 25 heavy (non-hydrogen) atoms. The summed E-state index contributed by atoms with van der Waals surface area (Å²) in [4.78, 5) is 22.3. The van der Waals surface area contributed by atoms with E-state index in [0.29, 0.717) is 17.6 Å². The van der Waals surface area contributed by atoms with Crippen LogP contribution in [0.15, 0.2) is 24.3 Å². The lowest BCUT2D eigenvalue weighted by atomic mass is 9.48. The first-order chi connectivity index (χ1) is 12.0. The summed E-state index contributed by atoms with van der Waals surface area (Å²) in [6.07, 6.45) is 8.51. The quantitative estimate of drug-likeness (QED) is 0.362. The largest absolute Gasteiger partial charge is 0.426 e. The molecule has 5 nitrogen and oxygen atoms in total. The Morgan fingerprint density at radius 1 is 1.00 bits per heavy atom. The van der Waals surface area contributed by atoms with Gasteiger partial charge in [0.15, 0.2) is 0 Å². The zero-order valence-electron chi connectivity index (χ0n) is 14.2. The van der Waals surface area contributed by atoms with Crippen LogP contribution >= 0.6 is 0 Å². The van der Waals surface area contributed by atoms with Gasteiger partial charge in [-0.25, -0.2) is 0 Å². The Hall–Kier alpha value is -1.91. The van der Waals surface area contributed by atoms with E-state index in [1.54, 1.807) is 0 Å². The first-order valence-corrected chi connectivity index (χ1v) is 9.48. The van der Waals surface area contributed by atoms with Gasteiger partial charge in [0.25, 0.3) is 0 Å². The summed E-state index contributed by atoms with van der Waals surface area (Å²) in [5.74, 6) is 2.17. The van der Waals surface area contributed by atoms with E-state index in [1.807, 2.05) is 12.1 Å². The molecule has 5 saturated carbocycles. The van der Waals surface area contributed by atoms with E-state index >= 15 is 0 Å². The molecule has 132 valence electrons. The Kier molecular flexibility index (Phi) is 3.25. The van der Waals surface area contributed by atoms with E-state index < -0.39 is 17.9 Å². The minimum absolute atomic E-state index is 0.303. The molecule has 5 heteroatoms. The van der Waals surface area contributed by atoms with E-state index in [4.69, 9.17) is 4.74 Å². The molecule has 5 fully saturated rings. The predicted molar refractivity (Wildman–Crippen MR) is 90.8 cm³/mol.